The molecule has 84 valence electrons. The molecule has 1 aliphatic carbocycles. The lowest BCUT2D eigenvalue weighted by Gasteiger charge is -2.25. The van der Waals surface area contributed by atoms with Crippen molar-refractivity contribution in [1.29, 1.82) is 0 Å². The van der Waals surface area contributed by atoms with Crippen LogP contribution in [-0.2, 0) is 15.0 Å². The van der Waals surface area contributed by atoms with E-state index in [2.05, 4.69) is 0 Å². The number of carbonyl (C=O) groups excluding carboxylic acids is 1. The molecule has 0 bridgehead atoms. The molecule has 3 nitrogen and oxygen atoms in total. The maximum Gasteiger partial charge on any atom is 0.373 e. The number of hydrogen-bond donors (Lipinski definition) is 1. The number of aliphatic carboxylic acids is 1. The van der Waals surface area contributed by atoms with E-state index in [0.717, 1.165) is 18.4 Å². The van der Waals surface area contributed by atoms with Crippen LogP contribution in [0.3, 0.4) is 0 Å². The fourth-order valence-corrected chi connectivity index (χ4v) is 2.59. The van der Waals surface area contributed by atoms with E-state index in [9.17, 15) is 9.59 Å². The summed E-state index contributed by atoms with van der Waals surface area (Å²) < 4.78 is 0. The topological polar surface area (TPSA) is 54.4 Å². The summed E-state index contributed by atoms with van der Waals surface area (Å²) in [5.74, 6) is -1.97. The van der Waals surface area contributed by atoms with Crippen molar-refractivity contribution in [3.8, 4) is 0 Å². The number of hydrogen-bond acceptors (Lipinski definition) is 2. The second kappa shape index (κ2) is 4.08. The molecule has 1 aromatic carbocycles. The first kappa shape index (κ1) is 10.9. The van der Waals surface area contributed by atoms with Crippen molar-refractivity contribution in [3.63, 3.8) is 0 Å². The van der Waals surface area contributed by atoms with E-state index in [1.807, 2.05) is 30.3 Å². The standard InChI is InChI=1S/C13H14O3/c14-11(12(15)16)13(8-4-5-9-13)10-6-2-1-3-7-10/h1-3,6-7H,4-5,8-9H2,(H,15,16). The lowest BCUT2D eigenvalue weighted by molar-refractivity contribution is -0.151. The molecule has 0 aromatic heterocycles. The summed E-state index contributed by atoms with van der Waals surface area (Å²) in [5.41, 5.74) is 0.0764. The number of ketones is 1. The van der Waals surface area contributed by atoms with Gasteiger partial charge >= 0.3 is 5.97 Å². The molecule has 3 heteroatoms. The van der Waals surface area contributed by atoms with E-state index >= 15 is 0 Å². The molecule has 0 unspecified atom stereocenters. The van der Waals surface area contributed by atoms with E-state index in [-0.39, 0.29) is 0 Å². The van der Waals surface area contributed by atoms with Gasteiger partial charge in [-0.2, -0.15) is 0 Å². The third-order valence-corrected chi connectivity index (χ3v) is 3.41. The molecule has 0 radical (unpaired) electrons. The maximum absolute atomic E-state index is 11.9. The number of carboxylic acid groups (broad SMARTS) is 1. The van der Waals surface area contributed by atoms with Crippen LogP contribution in [0.5, 0.6) is 0 Å². The zero-order chi connectivity index (χ0) is 11.6. The van der Waals surface area contributed by atoms with E-state index < -0.39 is 17.2 Å². The first-order valence-corrected chi connectivity index (χ1v) is 5.50. The van der Waals surface area contributed by atoms with Gasteiger partial charge in [0.05, 0.1) is 5.41 Å². The van der Waals surface area contributed by atoms with E-state index in [1.165, 1.54) is 0 Å². The summed E-state index contributed by atoms with van der Waals surface area (Å²) in [5, 5.41) is 8.92. The average molecular weight is 218 g/mol. The van der Waals surface area contributed by atoms with Gasteiger partial charge in [0.2, 0.25) is 5.78 Å². The van der Waals surface area contributed by atoms with Crippen molar-refractivity contribution in [2.75, 3.05) is 0 Å². The molecule has 0 aliphatic heterocycles. The first-order valence-electron chi connectivity index (χ1n) is 5.50. The molecule has 1 aliphatic rings. The van der Waals surface area contributed by atoms with E-state index in [0.29, 0.717) is 12.8 Å². The fraction of sp³-hybridized carbons (Fsp3) is 0.385. The number of carboxylic acids is 1. The van der Waals surface area contributed by atoms with Crippen LogP contribution in [0.4, 0.5) is 0 Å². The quantitative estimate of drug-likeness (QED) is 0.791. The Labute approximate surface area is 94.1 Å². The Hall–Kier alpha value is -1.64. The van der Waals surface area contributed by atoms with Crippen molar-refractivity contribution in [2.45, 2.75) is 31.1 Å². The van der Waals surface area contributed by atoms with Gasteiger partial charge in [-0.25, -0.2) is 4.79 Å². The minimum Gasteiger partial charge on any atom is -0.475 e. The Kier molecular flexibility index (Phi) is 2.77. The molecular weight excluding hydrogens is 204 g/mol. The molecule has 0 spiro atoms. The molecule has 0 heterocycles. The third-order valence-electron chi connectivity index (χ3n) is 3.41. The Morgan fingerprint density at radius 2 is 1.62 bits per heavy atom. The van der Waals surface area contributed by atoms with Crippen molar-refractivity contribution >= 4 is 11.8 Å². The molecule has 1 aromatic rings. The SMILES string of the molecule is O=C(O)C(=O)C1(c2ccccc2)CCCC1. The molecule has 0 atom stereocenters. The normalized spacial score (nSPS) is 18.2. The first-order chi connectivity index (χ1) is 7.67. The summed E-state index contributed by atoms with van der Waals surface area (Å²) in [6.07, 6.45) is 3.16. The number of Topliss-reactive ketones (excluding diaryl/α,β-unsaturated/α-hetero) is 1. The van der Waals surface area contributed by atoms with Gasteiger partial charge < -0.3 is 5.11 Å². The number of rotatable bonds is 3. The molecule has 1 saturated carbocycles. The van der Waals surface area contributed by atoms with Gasteiger partial charge in [-0.1, -0.05) is 43.2 Å². The highest BCUT2D eigenvalue weighted by atomic mass is 16.4. The maximum atomic E-state index is 11.9. The second-order valence-electron chi connectivity index (χ2n) is 4.29. The van der Waals surface area contributed by atoms with Crippen LogP contribution in [0.2, 0.25) is 0 Å². The lowest BCUT2D eigenvalue weighted by Crippen LogP contribution is -2.38. The molecule has 0 amide bonds. The van der Waals surface area contributed by atoms with Gasteiger partial charge in [-0.15, -0.1) is 0 Å². The highest BCUT2D eigenvalue weighted by Gasteiger charge is 2.45. The third kappa shape index (κ3) is 1.62. The van der Waals surface area contributed by atoms with Crippen molar-refractivity contribution in [1.82, 2.24) is 0 Å². The predicted molar refractivity (Wildman–Crippen MR) is 59.2 cm³/mol. The van der Waals surface area contributed by atoms with Crippen LogP contribution < -0.4 is 0 Å². The van der Waals surface area contributed by atoms with Crippen molar-refractivity contribution in [3.05, 3.63) is 35.9 Å². The van der Waals surface area contributed by atoms with Crippen LogP contribution in [0.1, 0.15) is 31.2 Å². The Morgan fingerprint density at radius 1 is 1.06 bits per heavy atom. The number of benzene rings is 1. The van der Waals surface area contributed by atoms with Crippen LogP contribution >= 0.6 is 0 Å². The van der Waals surface area contributed by atoms with Gasteiger partial charge in [0.1, 0.15) is 0 Å². The van der Waals surface area contributed by atoms with Gasteiger partial charge in [0.25, 0.3) is 0 Å². The summed E-state index contributed by atoms with van der Waals surface area (Å²) in [6.45, 7) is 0. The summed E-state index contributed by atoms with van der Waals surface area (Å²) in [4.78, 5) is 22.8. The average Bonchev–Trinajstić information content (AvgIpc) is 2.79. The zero-order valence-electron chi connectivity index (χ0n) is 8.98. The van der Waals surface area contributed by atoms with Gasteiger partial charge in [-0.05, 0) is 18.4 Å². The van der Waals surface area contributed by atoms with Crippen molar-refractivity contribution < 1.29 is 14.7 Å². The molecular formula is C13H14O3. The van der Waals surface area contributed by atoms with Gasteiger partial charge in [0, 0.05) is 0 Å². The van der Waals surface area contributed by atoms with E-state index in [1.54, 1.807) is 0 Å². The van der Waals surface area contributed by atoms with Gasteiger partial charge in [0.15, 0.2) is 0 Å². The summed E-state index contributed by atoms with van der Waals surface area (Å²) >= 11 is 0. The minimum absolute atomic E-state index is 0.655. The van der Waals surface area contributed by atoms with Crippen molar-refractivity contribution in [2.24, 2.45) is 0 Å². The van der Waals surface area contributed by atoms with Crippen LogP contribution in [-0.4, -0.2) is 16.9 Å². The monoisotopic (exact) mass is 218 g/mol. The van der Waals surface area contributed by atoms with Crippen LogP contribution in [0, 0.1) is 0 Å². The zero-order valence-corrected chi connectivity index (χ0v) is 8.98. The van der Waals surface area contributed by atoms with Gasteiger partial charge in [-0.3, -0.25) is 4.79 Å². The largest absolute Gasteiger partial charge is 0.475 e. The Balaban J connectivity index is 2.44. The van der Waals surface area contributed by atoms with E-state index in [4.69, 9.17) is 5.11 Å². The highest BCUT2D eigenvalue weighted by Crippen LogP contribution is 2.41. The Bertz CT molecular complexity index is 402. The number of carbonyl (C=O) groups is 2. The summed E-state index contributed by atoms with van der Waals surface area (Å²) in [6, 6.07) is 9.28. The smallest absolute Gasteiger partial charge is 0.373 e. The molecule has 0 saturated heterocycles. The molecule has 2 rings (SSSR count). The highest BCUT2D eigenvalue weighted by molar-refractivity contribution is 6.36. The second-order valence-corrected chi connectivity index (χ2v) is 4.29. The molecule has 1 fully saturated rings. The Morgan fingerprint density at radius 3 is 2.12 bits per heavy atom. The fourth-order valence-electron chi connectivity index (χ4n) is 2.59. The predicted octanol–water partition coefficient (Wildman–Crippen LogP) is 2.15. The minimum atomic E-state index is -1.31. The summed E-state index contributed by atoms with van der Waals surface area (Å²) in [7, 11) is 0. The lowest BCUT2D eigenvalue weighted by atomic mass is 9.75. The van der Waals surface area contributed by atoms with Crippen LogP contribution in [0.15, 0.2) is 30.3 Å². The van der Waals surface area contributed by atoms with Crippen LogP contribution in [0.25, 0.3) is 0 Å². The molecule has 16 heavy (non-hydrogen) atoms. The molecule has 1 N–H and O–H groups in total.